The summed E-state index contributed by atoms with van der Waals surface area (Å²) in [6, 6.07) is 17.8. The van der Waals surface area contributed by atoms with Gasteiger partial charge in [-0.1, -0.05) is 37.3 Å². The van der Waals surface area contributed by atoms with E-state index in [-0.39, 0.29) is 0 Å². The first-order valence-electron chi connectivity index (χ1n) is 6.43. The Bertz CT molecular complexity index is 631. The fraction of sp³-hybridized carbons (Fsp3) is 0.167. The largest absolute Gasteiger partial charge is 0.192 e. The lowest BCUT2D eigenvalue weighted by Crippen LogP contribution is -1.83. The zero-order valence-corrected chi connectivity index (χ0v) is 11.0. The van der Waals surface area contributed by atoms with Crippen molar-refractivity contribution in [1.82, 2.24) is 0 Å². The first-order valence-corrected chi connectivity index (χ1v) is 6.43. The lowest BCUT2D eigenvalue weighted by Gasteiger charge is -1.97. The third-order valence-corrected chi connectivity index (χ3v) is 2.86. The summed E-state index contributed by atoms with van der Waals surface area (Å²) in [6.07, 6.45) is 2.28. The zero-order valence-electron chi connectivity index (χ0n) is 11.0. The molecule has 0 saturated heterocycles. The van der Waals surface area contributed by atoms with Crippen LogP contribution < -0.4 is 0 Å². The minimum absolute atomic E-state index is 0.662. The molecule has 0 aliphatic rings. The molecule has 2 aromatic carbocycles. The Hall–Kier alpha value is -2.51. The molecule has 0 atom stereocenters. The number of aryl methyl sites for hydroxylation is 1. The van der Waals surface area contributed by atoms with E-state index in [0.717, 1.165) is 24.0 Å². The molecule has 92 valence electrons. The van der Waals surface area contributed by atoms with E-state index in [1.807, 2.05) is 12.1 Å². The minimum atomic E-state index is 0.662. The molecular formula is C18H15N. The van der Waals surface area contributed by atoms with Gasteiger partial charge in [0.05, 0.1) is 11.6 Å². The number of nitrogens with zero attached hydrogens (tertiary/aromatic N) is 1. The predicted octanol–water partition coefficient (Wildman–Crippen LogP) is 3.91. The van der Waals surface area contributed by atoms with Crippen LogP contribution in [-0.4, -0.2) is 0 Å². The molecule has 0 N–H and O–H groups in total. The van der Waals surface area contributed by atoms with Gasteiger partial charge in [-0.05, 0) is 48.4 Å². The van der Waals surface area contributed by atoms with Crippen molar-refractivity contribution in [1.29, 1.82) is 5.26 Å². The summed E-state index contributed by atoms with van der Waals surface area (Å²) in [5.74, 6) is 6.24. The number of nitriles is 1. The van der Waals surface area contributed by atoms with Crippen molar-refractivity contribution in [3.8, 4) is 17.9 Å². The van der Waals surface area contributed by atoms with Gasteiger partial charge in [-0.15, -0.1) is 0 Å². The zero-order chi connectivity index (χ0) is 13.5. The Kier molecular flexibility index (Phi) is 4.38. The van der Waals surface area contributed by atoms with Crippen molar-refractivity contribution in [3.05, 3.63) is 70.8 Å². The van der Waals surface area contributed by atoms with Gasteiger partial charge in [-0.3, -0.25) is 0 Å². The van der Waals surface area contributed by atoms with E-state index < -0.39 is 0 Å². The van der Waals surface area contributed by atoms with Gasteiger partial charge in [0.25, 0.3) is 0 Å². The lowest BCUT2D eigenvalue weighted by atomic mass is 10.1. The molecule has 1 heteroatoms. The highest BCUT2D eigenvalue weighted by Crippen LogP contribution is 2.06. The fourth-order valence-corrected chi connectivity index (χ4v) is 1.82. The van der Waals surface area contributed by atoms with Crippen molar-refractivity contribution in [2.75, 3.05) is 0 Å². The summed E-state index contributed by atoms with van der Waals surface area (Å²) in [6.45, 7) is 2.18. The van der Waals surface area contributed by atoms with Crippen LogP contribution in [0.25, 0.3) is 0 Å². The van der Waals surface area contributed by atoms with E-state index in [1.54, 1.807) is 12.1 Å². The first-order chi connectivity index (χ1) is 9.31. The minimum Gasteiger partial charge on any atom is -0.192 e. The van der Waals surface area contributed by atoms with Gasteiger partial charge in [0.15, 0.2) is 0 Å². The maximum absolute atomic E-state index is 8.72. The molecule has 0 bridgehead atoms. The predicted molar refractivity (Wildman–Crippen MR) is 77.6 cm³/mol. The van der Waals surface area contributed by atoms with Crippen LogP contribution in [0.5, 0.6) is 0 Å². The number of hydrogen-bond acceptors (Lipinski definition) is 1. The maximum atomic E-state index is 8.72. The molecule has 0 aliphatic carbocycles. The molecule has 2 aromatic rings. The Balaban J connectivity index is 2.12. The topological polar surface area (TPSA) is 23.8 Å². The van der Waals surface area contributed by atoms with E-state index in [4.69, 9.17) is 5.26 Å². The van der Waals surface area contributed by atoms with Crippen LogP contribution in [0.4, 0.5) is 0 Å². The smallest absolute Gasteiger partial charge is 0.0991 e. The van der Waals surface area contributed by atoms with Crippen LogP contribution in [0.15, 0.2) is 48.5 Å². The molecule has 1 nitrogen and oxygen atoms in total. The molecule has 0 saturated carbocycles. The molecule has 0 unspecified atom stereocenters. The van der Waals surface area contributed by atoms with Crippen LogP contribution in [0.1, 0.15) is 35.6 Å². The average molecular weight is 245 g/mol. The fourth-order valence-electron chi connectivity index (χ4n) is 1.82. The van der Waals surface area contributed by atoms with Crippen LogP contribution in [0, 0.1) is 23.2 Å². The Labute approximate surface area is 114 Å². The molecule has 2 rings (SSSR count). The molecule has 0 fully saturated rings. The van der Waals surface area contributed by atoms with Gasteiger partial charge < -0.3 is 0 Å². The SMILES string of the molecule is CCCc1ccc(C#Cc2ccc(C#N)cc2)cc1. The third kappa shape index (κ3) is 3.73. The van der Waals surface area contributed by atoms with E-state index in [9.17, 15) is 0 Å². The van der Waals surface area contributed by atoms with Crippen LogP contribution in [0.3, 0.4) is 0 Å². The van der Waals surface area contributed by atoms with Crippen LogP contribution in [-0.2, 0) is 6.42 Å². The summed E-state index contributed by atoms with van der Waals surface area (Å²) in [7, 11) is 0. The van der Waals surface area contributed by atoms with Crippen molar-refractivity contribution in [2.45, 2.75) is 19.8 Å². The molecular weight excluding hydrogens is 230 g/mol. The van der Waals surface area contributed by atoms with E-state index in [1.165, 1.54) is 5.56 Å². The standard InChI is InChI=1S/C18H15N/c1-2-3-15-4-6-16(7-5-15)8-9-17-10-12-18(14-19)13-11-17/h4-7,10-13H,2-3H2,1H3. The Morgan fingerprint density at radius 3 is 1.74 bits per heavy atom. The summed E-state index contributed by atoms with van der Waals surface area (Å²) in [4.78, 5) is 0. The molecule has 0 aromatic heterocycles. The summed E-state index contributed by atoms with van der Waals surface area (Å²) < 4.78 is 0. The summed E-state index contributed by atoms with van der Waals surface area (Å²) >= 11 is 0. The van der Waals surface area contributed by atoms with Crippen LogP contribution in [0.2, 0.25) is 0 Å². The molecule has 0 aliphatic heterocycles. The second-order valence-corrected chi connectivity index (χ2v) is 4.39. The van der Waals surface area contributed by atoms with Crippen molar-refractivity contribution in [3.63, 3.8) is 0 Å². The number of rotatable bonds is 2. The Morgan fingerprint density at radius 1 is 0.789 bits per heavy atom. The van der Waals surface area contributed by atoms with Gasteiger partial charge in [0, 0.05) is 11.1 Å². The lowest BCUT2D eigenvalue weighted by molar-refractivity contribution is 0.922. The third-order valence-electron chi connectivity index (χ3n) is 2.86. The van der Waals surface area contributed by atoms with Gasteiger partial charge >= 0.3 is 0 Å². The summed E-state index contributed by atoms with van der Waals surface area (Å²) in [5.41, 5.74) is 3.96. The maximum Gasteiger partial charge on any atom is 0.0991 e. The first kappa shape index (κ1) is 12.9. The van der Waals surface area contributed by atoms with E-state index in [0.29, 0.717) is 5.56 Å². The van der Waals surface area contributed by atoms with E-state index in [2.05, 4.69) is 49.1 Å². The number of benzene rings is 2. The van der Waals surface area contributed by atoms with Crippen molar-refractivity contribution in [2.24, 2.45) is 0 Å². The quantitative estimate of drug-likeness (QED) is 0.736. The summed E-state index contributed by atoms with van der Waals surface area (Å²) in [5, 5.41) is 8.72. The second-order valence-electron chi connectivity index (χ2n) is 4.39. The average Bonchev–Trinajstić information content (AvgIpc) is 2.47. The Morgan fingerprint density at radius 2 is 1.26 bits per heavy atom. The highest BCUT2D eigenvalue weighted by atomic mass is 14.2. The highest BCUT2D eigenvalue weighted by Gasteiger charge is 1.92. The van der Waals surface area contributed by atoms with Crippen molar-refractivity contribution >= 4 is 0 Å². The molecule has 0 amide bonds. The van der Waals surface area contributed by atoms with Gasteiger partial charge in [0.2, 0.25) is 0 Å². The van der Waals surface area contributed by atoms with Gasteiger partial charge in [-0.2, -0.15) is 5.26 Å². The molecule has 19 heavy (non-hydrogen) atoms. The van der Waals surface area contributed by atoms with Crippen molar-refractivity contribution < 1.29 is 0 Å². The van der Waals surface area contributed by atoms with Gasteiger partial charge in [0.1, 0.15) is 0 Å². The number of hydrogen-bond donors (Lipinski definition) is 0. The molecule has 0 spiro atoms. The normalized spacial score (nSPS) is 9.26. The highest BCUT2D eigenvalue weighted by molar-refractivity contribution is 5.45. The monoisotopic (exact) mass is 245 g/mol. The second kappa shape index (κ2) is 6.43. The molecule has 0 heterocycles. The van der Waals surface area contributed by atoms with Gasteiger partial charge in [-0.25, -0.2) is 0 Å². The molecule has 0 radical (unpaired) electrons. The van der Waals surface area contributed by atoms with E-state index >= 15 is 0 Å². The van der Waals surface area contributed by atoms with Crippen LogP contribution >= 0.6 is 0 Å².